The van der Waals surface area contributed by atoms with Gasteiger partial charge in [-0.25, -0.2) is 4.68 Å². The zero-order valence-electron chi connectivity index (χ0n) is 16.9. The summed E-state index contributed by atoms with van der Waals surface area (Å²) in [7, 11) is 0. The molecule has 0 aliphatic carbocycles. The highest BCUT2D eigenvalue weighted by atomic mass is 16.6. The molecule has 1 aromatic rings. The van der Waals surface area contributed by atoms with Gasteiger partial charge in [0.1, 0.15) is 0 Å². The Morgan fingerprint density at radius 2 is 1.93 bits per heavy atom. The first kappa shape index (κ1) is 18.7. The van der Waals surface area contributed by atoms with Gasteiger partial charge in [0.05, 0.1) is 49.2 Å². The molecule has 0 radical (unpaired) electrons. The molecule has 0 bridgehead atoms. The normalized spacial score (nSPS) is 37.9. The molecule has 2 spiro atoms. The van der Waals surface area contributed by atoms with E-state index in [0.29, 0.717) is 13.2 Å². The summed E-state index contributed by atoms with van der Waals surface area (Å²) in [6.45, 7) is 8.75. The molecule has 0 aromatic carbocycles. The van der Waals surface area contributed by atoms with Crippen LogP contribution < -0.4 is 4.90 Å². The highest BCUT2D eigenvalue weighted by Gasteiger charge is 2.46. The molecular formula is C19H31N5O4. The first-order chi connectivity index (χ1) is 13.5. The van der Waals surface area contributed by atoms with Gasteiger partial charge in [-0.1, -0.05) is 5.10 Å². The lowest BCUT2D eigenvalue weighted by Crippen LogP contribution is -2.57. The van der Waals surface area contributed by atoms with Crippen LogP contribution in [0.1, 0.15) is 46.0 Å². The van der Waals surface area contributed by atoms with Gasteiger partial charge in [-0.05, 0) is 37.1 Å². The minimum atomic E-state index is -0.155. The fraction of sp³-hybridized carbons (Fsp3) is 0.947. The van der Waals surface area contributed by atoms with Gasteiger partial charge in [0, 0.05) is 39.0 Å². The third kappa shape index (κ3) is 3.53. The lowest BCUT2D eigenvalue weighted by atomic mass is 9.91. The predicted octanol–water partition coefficient (Wildman–Crippen LogP) is 1.17. The summed E-state index contributed by atoms with van der Waals surface area (Å²) in [5.74, 6) is 0.821. The van der Waals surface area contributed by atoms with Crippen molar-refractivity contribution in [3.8, 4) is 0 Å². The van der Waals surface area contributed by atoms with Gasteiger partial charge in [-0.3, -0.25) is 0 Å². The van der Waals surface area contributed by atoms with Crippen LogP contribution in [-0.2, 0) is 25.5 Å². The van der Waals surface area contributed by atoms with E-state index in [-0.39, 0.29) is 29.5 Å². The second-order valence-corrected chi connectivity index (χ2v) is 9.05. The molecule has 5 rings (SSSR count). The fourth-order valence-electron chi connectivity index (χ4n) is 5.35. The topological polar surface area (TPSA) is 83.8 Å². The Kier molecular flexibility index (Phi) is 4.81. The number of anilines is 1. The van der Waals surface area contributed by atoms with E-state index in [0.717, 1.165) is 64.4 Å². The maximum Gasteiger partial charge on any atom is 0.245 e. The Bertz CT molecular complexity index is 694. The molecule has 156 valence electrons. The van der Waals surface area contributed by atoms with Gasteiger partial charge in [-0.2, -0.15) is 0 Å². The van der Waals surface area contributed by atoms with E-state index in [4.69, 9.17) is 18.9 Å². The maximum absolute atomic E-state index is 6.43. The van der Waals surface area contributed by atoms with Crippen LogP contribution in [0.15, 0.2) is 0 Å². The van der Waals surface area contributed by atoms with Crippen molar-refractivity contribution in [1.82, 2.24) is 20.2 Å². The fourth-order valence-corrected chi connectivity index (χ4v) is 5.35. The number of hydrogen-bond acceptors (Lipinski definition) is 8. The Hall–Kier alpha value is -1.29. The van der Waals surface area contributed by atoms with Crippen LogP contribution in [0.25, 0.3) is 0 Å². The van der Waals surface area contributed by atoms with E-state index < -0.39 is 0 Å². The third-order valence-corrected chi connectivity index (χ3v) is 6.61. The zero-order chi connectivity index (χ0) is 19.2. The molecule has 9 heteroatoms. The lowest BCUT2D eigenvalue weighted by molar-refractivity contribution is -0.146. The van der Waals surface area contributed by atoms with Gasteiger partial charge < -0.3 is 23.8 Å². The van der Waals surface area contributed by atoms with Gasteiger partial charge in [0.15, 0.2) is 0 Å². The molecule has 4 atom stereocenters. The number of morpholine rings is 1. The van der Waals surface area contributed by atoms with E-state index in [9.17, 15) is 0 Å². The summed E-state index contributed by atoms with van der Waals surface area (Å²) in [6, 6.07) is 0. The van der Waals surface area contributed by atoms with Crippen molar-refractivity contribution in [2.45, 2.75) is 82.0 Å². The molecule has 4 unspecified atom stereocenters. The van der Waals surface area contributed by atoms with Crippen LogP contribution in [0, 0.1) is 0 Å². The zero-order valence-corrected chi connectivity index (χ0v) is 16.9. The number of aromatic nitrogens is 4. The highest BCUT2D eigenvalue weighted by Crippen LogP contribution is 2.40. The number of rotatable bonds is 3. The van der Waals surface area contributed by atoms with Crippen LogP contribution >= 0.6 is 0 Å². The van der Waals surface area contributed by atoms with Crippen molar-refractivity contribution < 1.29 is 18.9 Å². The van der Waals surface area contributed by atoms with Gasteiger partial charge in [-0.15, -0.1) is 0 Å². The van der Waals surface area contributed by atoms with Crippen LogP contribution in [0.4, 0.5) is 5.95 Å². The van der Waals surface area contributed by atoms with E-state index in [1.807, 2.05) is 4.68 Å². The molecule has 1 aromatic heterocycles. The molecular weight excluding hydrogens is 362 g/mol. The van der Waals surface area contributed by atoms with Crippen LogP contribution in [0.5, 0.6) is 0 Å². The van der Waals surface area contributed by atoms with Crippen molar-refractivity contribution in [3.05, 3.63) is 0 Å². The van der Waals surface area contributed by atoms with E-state index in [2.05, 4.69) is 34.3 Å². The van der Waals surface area contributed by atoms with E-state index in [1.54, 1.807) is 0 Å². The van der Waals surface area contributed by atoms with Gasteiger partial charge >= 0.3 is 0 Å². The second kappa shape index (κ2) is 7.19. The van der Waals surface area contributed by atoms with Crippen LogP contribution in [0.3, 0.4) is 0 Å². The average molecular weight is 393 g/mol. The molecule has 28 heavy (non-hydrogen) atoms. The molecule has 0 saturated carbocycles. The minimum absolute atomic E-state index is 0.0993. The quantitative estimate of drug-likeness (QED) is 0.757. The summed E-state index contributed by atoms with van der Waals surface area (Å²) in [4.78, 5) is 2.28. The van der Waals surface area contributed by atoms with Crippen molar-refractivity contribution in [3.63, 3.8) is 0 Å². The van der Waals surface area contributed by atoms with E-state index in [1.165, 1.54) is 0 Å². The molecule has 4 saturated heterocycles. The molecule has 4 aliphatic heterocycles. The molecule has 9 nitrogen and oxygen atoms in total. The predicted molar refractivity (Wildman–Crippen MR) is 100 cm³/mol. The summed E-state index contributed by atoms with van der Waals surface area (Å²) in [6.07, 6.45) is 5.45. The van der Waals surface area contributed by atoms with Crippen LogP contribution in [0.2, 0.25) is 0 Å². The molecule has 0 amide bonds. The number of ether oxygens (including phenoxy) is 4. The Balaban J connectivity index is 1.28. The summed E-state index contributed by atoms with van der Waals surface area (Å²) >= 11 is 0. The van der Waals surface area contributed by atoms with Gasteiger partial charge in [0.25, 0.3) is 0 Å². The molecule has 0 N–H and O–H groups in total. The van der Waals surface area contributed by atoms with Crippen molar-refractivity contribution in [1.29, 1.82) is 0 Å². The second-order valence-electron chi connectivity index (χ2n) is 9.05. The van der Waals surface area contributed by atoms with Crippen molar-refractivity contribution >= 4 is 5.95 Å². The SMILES string of the molecule is CC1CC2(CCC(Cn3nnnc3N3CC(C)OC4(CCOCC4)C3)O2)CO1. The summed E-state index contributed by atoms with van der Waals surface area (Å²) in [5.41, 5.74) is -0.254. The van der Waals surface area contributed by atoms with Crippen molar-refractivity contribution in [2.75, 3.05) is 37.8 Å². The van der Waals surface area contributed by atoms with Crippen molar-refractivity contribution in [2.24, 2.45) is 0 Å². The van der Waals surface area contributed by atoms with E-state index >= 15 is 0 Å². The molecule has 4 aliphatic rings. The molecule has 5 heterocycles. The highest BCUT2D eigenvalue weighted by molar-refractivity contribution is 5.31. The summed E-state index contributed by atoms with van der Waals surface area (Å²) < 4.78 is 26.0. The molecule has 4 fully saturated rings. The lowest BCUT2D eigenvalue weighted by Gasteiger charge is -2.47. The van der Waals surface area contributed by atoms with Crippen LogP contribution in [-0.4, -0.2) is 82.6 Å². The minimum Gasteiger partial charge on any atom is -0.381 e. The largest absolute Gasteiger partial charge is 0.381 e. The standard InChI is InChI=1S/C19H31N5O4/c1-14-9-19(13-26-14)4-3-16(28-19)11-24-17(20-21-22-24)23-10-15(2)27-18(12-23)5-7-25-8-6-18/h14-16H,3-13H2,1-2H3. The third-order valence-electron chi connectivity index (χ3n) is 6.61. The smallest absolute Gasteiger partial charge is 0.245 e. The summed E-state index contributed by atoms with van der Waals surface area (Å²) in [5, 5.41) is 12.6. The van der Waals surface area contributed by atoms with Gasteiger partial charge in [0.2, 0.25) is 5.95 Å². The Labute approximate surface area is 165 Å². The maximum atomic E-state index is 6.43. The Morgan fingerprint density at radius 1 is 1.07 bits per heavy atom. The first-order valence-corrected chi connectivity index (χ1v) is 10.6. The number of nitrogens with zero attached hydrogens (tertiary/aromatic N) is 5. The number of tetrazole rings is 1. The first-order valence-electron chi connectivity index (χ1n) is 10.6. The Morgan fingerprint density at radius 3 is 2.71 bits per heavy atom. The average Bonchev–Trinajstić information content (AvgIpc) is 3.37. The monoisotopic (exact) mass is 393 g/mol. The number of hydrogen-bond donors (Lipinski definition) is 0.